The van der Waals surface area contributed by atoms with E-state index in [9.17, 15) is 9.59 Å². The maximum Gasteiger partial charge on any atom is 0.348 e. The number of amides is 1. The molecule has 1 atom stereocenters. The summed E-state index contributed by atoms with van der Waals surface area (Å²) in [5.74, 6) is -0.482. The number of hydrogen-bond acceptors (Lipinski definition) is 4. The van der Waals surface area contributed by atoms with Gasteiger partial charge in [-0.1, -0.05) is 13.0 Å². The number of esters is 1. The Morgan fingerprint density at radius 3 is 3.00 bits per heavy atom. The first-order valence-corrected chi connectivity index (χ1v) is 7.60. The lowest BCUT2D eigenvalue weighted by Crippen LogP contribution is -2.45. The molecule has 1 aliphatic rings. The molecule has 2 heterocycles. The third-order valence-electron chi connectivity index (χ3n) is 3.47. The first kappa shape index (κ1) is 14.1. The average molecular weight is 281 g/mol. The van der Waals surface area contributed by atoms with Crippen LogP contribution in [0.3, 0.4) is 0 Å². The number of rotatable bonds is 4. The van der Waals surface area contributed by atoms with Crippen LogP contribution in [0.5, 0.6) is 0 Å². The smallest absolute Gasteiger partial charge is 0.348 e. The van der Waals surface area contributed by atoms with Crippen molar-refractivity contribution in [3.8, 4) is 0 Å². The van der Waals surface area contributed by atoms with Gasteiger partial charge in [-0.2, -0.15) is 0 Å². The van der Waals surface area contributed by atoms with Crippen LogP contribution in [-0.4, -0.2) is 36.0 Å². The van der Waals surface area contributed by atoms with Gasteiger partial charge in [0.15, 0.2) is 6.61 Å². The van der Waals surface area contributed by atoms with Crippen LogP contribution in [0.2, 0.25) is 0 Å². The van der Waals surface area contributed by atoms with E-state index >= 15 is 0 Å². The molecule has 1 aromatic heterocycles. The van der Waals surface area contributed by atoms with E-state index in [1.54, 1.807) is 12.1 Å². The van der Waals surface area contributed by atoms with E-state index in [1.165, 1.54) is 17.8 Å². The molecule has 0 saturated carbocycles. The van der Waals surface area contributed by atoms with Gasteiger partial charge in [-0.05, 0) is 37.1 Å². The highest BCUT2D eigenvalue weighted by atomic mass is 32.1. The van der Waals surface area contributed by atoms with Crippen LogP contribution >= 0.6 is 11.3 Å². The van der Waals surface area contributed by atoms with Crippen LogP contribution in [0.15, 0.2) is 17.5 Å². The molecular weight excluding hydrogens is 262 g/mol. The molecule has 1 aromatic rings. The lowest BCUT2D eigenvalue weighted by Gasteiger charge is -2.35. The first-order chi connectivity index (χ1) is 9.22. The quantitative estimate of drug-likeness (QED) is 0.797. The van der Waals surface area contributed by atoms with E-state index in [-0.39, 0.29) is 12.5 Å². The Morgan fingerprint density at radius 2 is 2.32 bits per heavy atom. The summed E-state index contributed by atoms with van der Waals surface area (Å²) in [7, 11) is 0. The zero-order chi connectivity index (χ0) is 13.7. The van der Waals surface area contributed by atoms with E-state index in [0.29, 0.717) is 10.9 Å². The summed E-state index contributed by atoms with van der Waals surface area (Å²) in [6.45, 7) is 2.73. The predicted octanol–water partition coefficient (Wildman–Crippen LogP) is 2.70. The highest BCUT2D eigenvalue weighted by Crippen LogP contribution is 2.19. The monoisotopic (exact) mass is 281 g/mol. The fourth-order valence-electron chi connectivity index (χ4n) is 2.43. The van der Waals surface area contributed by atoms with Gasteiger partial charge >= 0.3 is 5.97 Å². The summed E-state index contributed by atoms with van der Waals surface area (Å²) in [6, 6.07) is 3.80. The van der Waals surface area contributed by atoms with Crippen molar-refractivity contribution in [1.82, 2.24) is 4.90 Å². The molecule has 1 saturated heterocycles. The Kier molecular flexibility index (Phi) is 4.96. The van der Waals surface area contributed by atoms with E-state index in [4.69, 9.17) is 4.74 Å². The maximum absolute atomic E-state index is 12.1. The van der Waals surface area contributed by atoms with Crippen molar-refractivity contribution in [2.45, 2.75) is 38.6 Å². The van der Waals surface area contributed by atoms with Crippen molar-refractivity contribution in [3.63, 3.8) is 0 Å². The predicted molar refractivity (Wildman–Crippen MR) is 74.2 cm³/mol. The number of thiophene rings is 1. The first-order valence-electron chi connectivity index (χ1n) is 6.72. The summed E-state index contributed by atoms with van der Waals surface area (Å²) in [5, 5.41) is 1.82. The molecule has 0 radical (unpaired) electrons. The summed E-state index contributed by atoms with van der Waals surface area (Å²) >= 11 is 1.32. The third kappa shape index (κ3) is 3.56. The molecule has 1 aliphatic heterocycles. The topological polar surface area (TPSA) is 46.6 Å². The van der Waals surface area contributed by atoms with Crippen molar-refractivity contribution in [2.24, 2.45) is 0 Å². The number of carbonyl (C=O) groups excluding carboxylic acids is 2. The molecule has 2 rings (SSSR count). The normalized spacial score (nSPS) is 19.2. The number of nitrogens with zero attached hydrogens (tertiary/aromatic N) is 1. The van der Waals surface area contributed by atoms with Crippen LogP contribution < -0.4 is 0 Å². The second-order valence-corrected chi connectivity index (χ2v) is 5.65. The van der Waals surface area contributed by atoms with Crippen LogP contribution in [0.4, 0.5) is 0 Å². The van der Waals surface area contributed by atoms with E-state index in [1.807, 2.05) is 10.3 Å². The van der Waals surface area contributed by atoms with Gasteiger partial charge in [-0.15, -0.1) is 11.3 Å². The molecule has 1 fully saturated rings. The van der Waals surface area contributed by atoms with E-state index in [0.717, 1.165) is 25.8 Å². The highest BCUT2D eigenvalue weighted by Gasteiger charge is 2.26. The van der Waals surface area contributed by atoms with Crippen LogP contribution in [0, 0.1) is 0 Å². The second-order valence-electron chi connectivity index (χ2n) is 4.70. The van der Waals surface area contributed by atoms with Gasteiger partial charge in [0, 0.05) is 12.6 Å². The minimum Gasteiger partial charge on any atom is -0.451 e. The van der Waals surface area contributed by atoms with Crippen LogP contribution in [0.25, 0.3) is 0 Å². The third-order valence-corrected chi connectivity index (χ3v) is 4.32. The van der Waals surface area contributed by atoms with E-state index < -0.39 is 5.97 Å². The van der Waals surface area contributed by atoms with Crippen molar-refractivity contribution in [3.05, 3.63) is 22.4 Å². The zero-order valence-corrected chi connectivity index (χ0v) is 11.9. The summed E-state index contributed by atoms with van der Waals surface area (Å²) < 4.78 is 5.07. The Morgan fingerprint density at radius 1 is 1.47 bits per heavy atom. The number of ether oxygens (including phenoxy) is 1. The lowest BCUT2D eigenvalue weighted by molar-refractivity contribution is -0.138. The Bertz CT molecular complexity index is 430. The maximum atomic E-state index is 12.1. The van der Waals surface area contributed by atoms with Crippen molar-refractivity contribution in [2.75, 3.05) is 13.2 Å². The molecule has 0 bridgehead atoms. The Balaban J connectivity index is 1.85. The standard InChI is InChI=1S/C14H19NO3S/c1-2-11-6-3-4-8-15(11)13(16)10-18-14(17)12-7-5-9-19-12/h5,7,9,11H,2-4,6,8,10H2,1H3/t11-/m1/s1. The van der Waals surface area contributed by atoms with Gasteiger partial charge in [-0.25, -0.2) is 4.79 Å². The molecule has 4 nitrogen and oxygen atoms in total. The fraction of sp³-hybridized carbons (Fsp3) is 0.571. The van der Waals surface area contributed by atoms with Gasteiger partial charge < -0.3 is 9.64 Å². The van der Waals surface area contributed by atoms with Crippen LogP contribution in [-0.2, 0) is 9.53 Å². The molecular formula is C14H19NO3S. The Labute approximate surface area is 117 Å². The molecule has 0 unspecified atom stereocenters. The number of likely N-dealkylation sites (tertiary alicyclic amines) is 1. The molecule has 1 amide bonds. The second kappa shape index (κ2) is 6.70. The minimum atomic E-state index is -0.409. The fourth-order valence-corrected chi connectivity index (χ4v) is 3.05. The molecule has 104 valence electrons. The SMILES string of the molecule is CC[C@@H]1CCCCN1C(=O)COC(=O)c1cccs1. The number of carbonyl (C=O) groups is 2. The number of hydrogen-bond donors (Lipinski definition) is 0. The molecule has 0 aliphatic carbocycles. The van der Waals surface area contributed by atoms with E-state index in [2.05, 4.69) is 6.92 Å². The lowest BCUT2D eigenvalue weighted by atomic mass is 10.00. The van der Waals surface area contributed by atoms with Gasteiger partial charge in [-0.3, -0.25) is 4.79 Å². The Hall–Kier alpha value is -1.36. The molecule has 5 heteroatoms. The van der Waals surface area contributed by atoms with Crippen molar-refractivity contribution in [1.29, 1.82) is 0 Å². The van der Waals surface area contributed by atoms with Crippen molar-refractivity contribution < 1.29 is 14.3 Å². The average Bonchev–Trinajstić information content (AvgIpc) is 2.98. The highest BCUT2D eigenvalue weighted by molar-refractivity contribution is 7.11. The summed E-state index contributed by atoms with van der Waals surface area (Å²) in [4.78, 5) is 26.2. The molecule has 0 aromatic carbocycles. The zero-order valence-electron chi connectivity index (χ0n) is 11.1. The largest absolute Gasteiger partial charge is 0.451 e. The summed E-state index contributed by atoms with van der Waals surface area (Å²) in [6.07, 6.45) is 4.24. The van der Waals surface area contributed by atoms with Crippen molar-refractivity contribution >= 4 is 23.2 Å². The van der Waals surface area contributed by atoms with Crippen LogP contribution in [0.1, 0.15) is 42.3 Å². The molecule has 0 spiro atoms. The minimum absolute atomic E-state index is 0.0727. The number of piperidine rings is 1. The van der Waals surface area contributed by atoms with Gasteiger partial charge in [0.2, 0.25) is 0 Å². The molecule has 0 N–H and O–H groups in total. The van der Waals surface area contributed by atoms with Gasteiger partial charge in [0.1, 0.15) is 4.88 Å². The summed E-state index contributed by atoms with van der Waals surface area (Å²) in [5.41, 5.74) is 0. The molecule has 19 heavy (non-hydrogen) atoms. The van der Waals surface area contributed by atoms with Gasteiger partial charge in [0.05, 0.1) is 0 Å². The van der Waals surface area contributed by atoms with Gasteiger partial charge in [0.25, 0.3) is 5.91 Å².